The molecule has 0 fully saturated rings. The van der Waals surface area contributed by atoms with Crippen LogP contribution in [0.5, 0.6) is 0 Å². The fraction of sp³-hybridized carbons (Fsp3) is 0.250. The van der Waals surface area contributed by atoms with Gasteiger partial charge >= 0.3 is 0 Å². The van der Waals surface area contributed by atoms with E-state index < -0.39 is 0 Å². The van der Waals surface area contributed by atoms with Gasteiger partial charge in [-0.15, -0.1) is 0 Å². The highest BCUT2D eigenvalue weighted by Gasteiger charge is 2.45. The summed E-state index contributed by atoms with van der Waals surface area (Å²) < 4.78 is 0. The van der Waals surface area contributed by atoms with Gasteiger partial charge in [-0.25, -0.2) is 0 Å². The summed E-state index contributed by atoms with van der Waals surface area (Å²) in [4.78, 5) is 0. The minimum absolute atomic E-state index is 0.0561. The lowest BCUT2D eigenvalue weighted by atomic mass is 9.82. The SMILES string of the molecule is CC12NC(Cc3cc(Cl)ccc31)c1ccccc12. The summed E-state index contributed by atoms with van der Waals surface area (Å²) in [6.07, 6.45) is 1.03. The van der Waals surface area contributed by atoms with Gasteiger partial charge in [0.25, 0.3) is 0 Å². The van der Waals surface area contributed by atoms with Crippen LogP contribution in [-0.4, -0.2) is 0 Å². The zero-order valence-electron chi connectivity index (χ0n) is 10.2. The topological polar surface area (TPSA) is 12.0 Å². The first-order valence-electron chi connectivity index (χ1n) is 6.34. The van der Waals surface area contributed by atoms with Gasteiger partial charge in [0, 0.05) is 11.1 Å². The van der Waals surface area contributed by atoms with E-state index in [9.17, 15) is 0 Å². The summed E-state index contributed by atoms with van der Waals surface area (Å²) >= 11 is 6.13. The highest BCUT2D eigenvalue weighted by Crippen LogP contribution is 2.48. The maximum atomic E-state index is 6.13. The lowest BCUT2D eigenvalue weighted by molar-refractivity contribution is 0.389. The van der Waals surface area contributed by atoms with Crippen molar-refractivity contribution < 1.29 is 0 Å². The van der Waals surface area contributed by atoms with E-state index in [0.29, 0.717) is 6.04 Å². The highest BCUT2D eigenvalue weighted by molar-refractivity contribution is 6.30. The smallest absolute Gasteiger partial charge is 0.0672 e. The van der Waals surface area contributed by atoms with E-state index in [4.69, 9.17) is 11.6 Å². The first-order chi connectivity index (χ1) is 8.68. The number of hydrogen-bond acceptors (Lipinski definition) is 1. The van der Waals surface area contributed by atoms with E-state index in [2.05, 4.69) is 48.6 Å². The van der Waals surface area contributed by atoms with Crippen LogP contribution in [0.15, 0.2) is 42.5 Å². The number of halogens is 1. The minimum Gasteiger partial charge on any atom is -0.297 e. The van der Waals surface area contributed by atoms with Gasteiger partial charge < -0.3 is 0 Å². The Bertz CT molecular complexity index is 649. The van der Waals surface area contributed by atoms with Crippen molar-refractivity contribution in [1.29, 1.82) is 0 Å². The van der Waals surface area contributed by atoms with Crippen LogP contribution < -0.4 is 5.32 Å². The normalized spacial score (nSPS) is 27.8. The number of benzene rings is 2. The predicted molar refractivity (Wildman–Crippen MR) is 73.9 cm³/mol. The second-order valence-electron chi connectivity index (χ2n) is 5.41. The van der Waals surface area contributed by atoms with Crippen LogP contribution >= 0.6 is 11.6 Å². The Morgan fingerprint density at radius 3 is 2.89 bits per heavy atom. The van der Waals surface area contributed by atoms with Crippen LogP contribution in [0, 0.1) is 0 Å². The molecule has 0 aliphatic carbocycles. The average molecular weight is 256 g/mol. The molecule has 2 aliphatic heterocycles. The maximum Gasteiger partial charge on any atom is 0.0672 e. The standard InChI is InChI=1S/C16H14ClN/c1-16-13-7-6-11(17)8-10(13)9-15(18-16)12-4-2-3-5-14(12)16/h2-8,15,18H,9H2,1H3. The van der Waals surface area contributed by atoms with Crippen LogP contribution in [0.4, 0.5) is 0 Å². The molecule has 4 rings (SSSR count). The maximum absolute atomic E-state index is 6.13. The first-order valence-corrected chi connectivity index (χ1v) is 6.72. The molecule has 1 N–H and O–H groups in total. The molecule has 0 amide bonds. The van der Waals surface area contributed by atoms with E-state index in [-0.39, 0.29) is 5.54 Å². The van der Waals surface area contributed by atoms with Crippen LogP contribution in [0.2, 0.25) is 5.02 Å². The molecule has 90 valence electrons. The third kappa shape index (κ3) is 1.21. The minimum atomic E-state index is -0.0561. The number of rotatable bonds is 0. The largest absolute Gasteiger partial charge is 0.297 e. The van der Waals surface area contributed by atoms with Crippen molar-refractivity contribution in [3.8, 4) is 0 Å². The molecule has 0 aromatic heterocycles. The molecule has 2 heterocycles. The molecule has 2 aromatic carbocycles. The van der Waals surface area contributed by atoms with E-state index in [1.165, 1.54) is 22.3 Å². The lowest BCUT2D eigenvalue weighted by Gasteiger charge is -2.34. The molecule has 0 saturated heterocycles. The van der Waals surface area contributed by atoms with Crippen LogP contribution in [0.3, 0.4) is 0 Å². The second-order valence-corrected chi connectivity index (χ2v) is 5.85. The lowest BCUT2D eigenvalue weighted by Crippen LogP contribution is -2.41. The Balaban J connectivity index is 2.02. The molecule has 0 spiro atoms. The molecule has 2 unspecified atom stereocenters. The summed E-state index contributed by atoms with van der Waals surface area (Å²) in [6, 6.07) is 15.5. The molecular weight excluding hydrogens is 242 g/mol. The Kier molecular flexibility index (Phi) is 1.98. The van der Waals surface area contributed by atoms with E-state index >= 15 is 0 Å². The van der Waals surface area contributed by atoms with Crippen molar-refractivity contribution in [3.05, 3.63) is 69.7 Å². The number of nitrogens with one attached hydrogen (secondary N) is 1. The van der Waals surface area contributed by atoms with Crippen molar-refractivity contribution in [3.63, 3.8) is 0 Å². The molecule has 2 heteroatoms. The molecule has 0 saturated carbocycles. The van der Waals surface area contributed by atoms with Gasteiger partial charge in [0.2, 0.25) is 0 Å². The summed E-state index contributed by atoms with van der Waals surface area (Å²) in [5.41, 5.74) is 5.54. The molecule has 1 nitrogen and oxygen atoms in total. The summed E-state index contributed by atoms with van der Waals surface area (Å²) in [7, 11) is 0. The molecule has 2 bridgehead atoms. The monoisotopic (exact) mass is 255 g/mol. The third-order valence-corrected chi connectivity index (χ3v) is 4.60. The Morgan fingerprint density at radius 2 is 2.00 bits per heavy atom. The fourth-order valence-electron chi connectivity index (χ4n) is 3.58. The Morgan fingerprint density at radius 1 is 1.17 bits per heavy atom. The Labute approximate surface area is 112 Å². The van der Waals surface area contributed by atoms with Gasteiger partial charge in [-0.3, -0.25) is 5.32 Å². The Hall–Kier alpha value is -1.31. The van der Waals surface area contributed by atoms with Gasteiger partial charge in [0.05, 0.1) is 5.54 Å². The highest BCUT2D eigenvalue weighted by atomic mass is 35.5. The van der Waals surface area contributed by atoms with E-state index in [1.54, 1.807) is 0 Å². The molecule has 0 radical (unpaired) electrons. The molecular formula is C16H14ClN. The third-order valence-electron chi connectivity index (χ3n) is 4.37. The fourth-order valence-corrected chi connectivity index (χ4v) is 3.78. The zero-order valence-corrected chi connectivity index (χ0v) is 11.0. The first kappa shape index (κ1) is 10.6. The number of fused-ring (bicyclic) bond motifs is 7. The van der Waals surface area contributed by atoms with Crippen molar-refractivity contribution >= 4 is 11.6 Å². The molecule has 18 heavy (non-hydrogen) atoms. The van der Waals surface area contributed by atoms with Crippen LogP contribution in [-0.2, 0) is 12.0 Å². The van der Waals surface area contributed by atoms with Crippen LogP contribution in [0.1, 0.15) is 35.2 Å². The van der Waals surface area contributed by atoms with Crippen molar-refractivity contribution in [2.75, 3.05) is 0 Å². The summed E-state index contributed by atoms with van der Waals surface area (Å²) in [6.45, 7) is 2.28. The van der Waals surface area contributed by atoms with Gasteiger partial charge in [-0.05, 0) is 47.7 Å². The van der Waals surface area contributed by atoms with Crippen LogP contribution in [0.25, 0.3) is 0 Å². The van der Waals surface area contributed by atoms with Crippen molar-refractivity contribution in [2.24, 2.45) is 0 Å². The molecule has 2 atom stereocenters. The molecule has 2 aliphatic rings. The quantitative estimate of drug-likeness (QED) is 0.755. The van der Waals surface area contributed by atoms with Gasteiger partial charge in [-0.2, -0.15) is 0 Å². The van der Waals surface area contributed by atoms with E-state index in [1.807, 2.05) is 6.07 Å². The predicted octanol–water partition coefficient (Wildman–Crippen LogP) is 3.80. The summed E-state index contributed by atoms with van der Waals surface area (Å²) in [5, 5.41) is 4.60. The molecule has 2 aromatic rings. The second kappa shape index (κ2) is 3.37. The van der Waals surface area contributed by atoms with E-state index in [0.717, 1.165) is 11.4 Å². The van der Waals surface area contributed by atoms with Gasteiger partial charge in [0.15, 0.2) is 0 Å². The average Bonchev–Trinajstić information content (AvgIpc) is 2.60. The van der Waals surface area contributed by atoms with Gasteiger partial charge in [0.1, 0.15) is 0 Å². The zero-order chi connectivity index (χ0) is 12.3. The van der Waals surface area contributed by atoms with Gasteiger partial charge in [-0.1, -0.05) is 41.9 Å². The summed E-state index contributed by atoms with van der Waals surface area (Å²) in [5.74, 6) is 0. The van der Waals surface area contributed by atoms with Crippen molar-refractivity contribution in [2.45, 2.75) is 24.9 Å². The van der Waals surface area contributed by atoms with Crippen molar-refractivity contribution in [1.82, 2.24) is 5.32 Å². The number of hydrogen-bond donors (Lipinski definition) is 1.